The van der Waals surface area contributed by atoms with Gasteiger partial charge in [-0.1, -0.05) is 44.7 Å². The Labute approximate surface area is 143 Å². The molecule has 2 aromatic rings. The van der Waals surface area contributed by atoms with E-state index in [1.165, 1.54) is 6.42 Å². The number of halogens is 3. The summed E-state index contributed by atoms with van der Waals surface area (Å²) in [5.41, 5.74) is -4.15. The number of aliphatic carboxylic acids is 1. The maximum absolute atomic E-state index is 13.3. The molecule has 0 radical (unpaired) electrons. The molecule has 0 aliphatic heterocycles. The minimum atomic E-state index is -4.15. The van der Waals surface area contributed by atoms with Crippen LogP contribution in [0.5, 0.6) is 0 Å². The number of carboxylic acids is 1. The normalized spacial score (nSPS) is 12.0. The molecule has 6 heteroatoms. The lowest BCUT2D eigenvalue weighted by Gasteiger charge is -2.01. The molecule has 24 heavy (non-hydrogen) atoms. The number of thiophene rings is 1. The molecule has 1 aromatic carbocycles. The highest BCUT2D eigenvalue weighted by Crippen LogP contribution is 2.51. The molecule has 0 spiro atoms. The Bertz CT molecular complexity index is 643. The van der Waals surface area contributed by atoms with Crippen LogP contribution in [0, 0.1) is 0 Å². The lowest BCUT2D eigenvalue weighted by Crippen LogP contribution is -2.16. The molecular weight excluding hydrogens is 337 g/mol. The number of carboxylic acid groups (broad SMARTS) is 1. The van der Waals surface area contributed by atoms with Gasteiger partial charge in [0.1, 0.15) is 0 Å². The second-order valence-electron chi connectivity index (χ2n) is 5.56. The molecule has 0 saturated carbocycles. The first-order chi connectivity index (χ1) is 11.3. The van der Waals surface area contributed by atoms with Crippen molar-refractivity contribution >= 4 is 26.5 Å². The van der Waals surface area contributed by atoms with Crippen LogP contribution in [0.1, 0.15) is 50.8 Å². The number of benzene rings is 1. The standard InChI is InChI=1S/C16H20F3S.C2H4O2/c1-2-3-4-5-6-10-14-12-13-9-7-8-11-15(13)20(14)16(17,18)19;1-2(3)4/h7-9,11-12H,2-6,10H2,1H3;1H3,(H,3,4)/q+1;/p-1. The first-order valence-electron chi connectivity index (χ1n) is 8.05. The number of fused-ring (bicyclic) bond motifs is 1. The van der Waals surface area contributed by atoms with Gasteiger partial charge in [0.25, 0.3) is 0 Å². The summed E-state index contributed by atoms with van der Waals surface area (Å²) in [4.78, 5) is 9.45. The van der Waals surface area contributed by atoms with Crippen molar-refractivity contribution in [2.45, 2.75) is 57.9 Å². The van der Waals surface area contributed by atoms with Gasteiger partial charge in [-0.05, 0) is 25.5 Å². The number of hydrogen-bond acceptors (Lipinski definition) is 2. The molecule has 0 aliphatic rings. The first kappa shape index (κ1) is 20.5. The van der Waals surface area contributed by atoms with E-state index in [2.05, 4.69) is 6.92 Å². The average Bonchev–Trinajstić information content (AvgIpc) is 2.84. The van der Waals surface area contributed by atoms with Gasteiger partial charge in [0, 0.05) is 23.8 Å². The number of hydrogen-bond donors (Lipinski definition) is 0. The van der Waals surface area contributed by atoms with E-state index in [0.717, 1.165) is 38.0 Å². The van der Waals surface area contributed by atoms with Gasteiger partial charge in [0.05, 0.1) is 10.5 Å². The van der Waals surface area contributed by atoms with Crippen LogP contribution in [0.15, 0.2) is 30.3 Å². The lowest BCUT2D eigenvalue weighted by molar-refractivity contribution is -0.302. The third-order valence-electron chi connectivity index (χ3n) is 3.48. The number of aryl methyl sites for hydroxylation is 1. The van der Waals surface area contributed by atoms with Crippen LogP contribution in [0.3, 0.4) is 0 Å². The molecule has 0 saturated heterocycles. The molecule has 2 nitrogen and oxygen atoms in total. The summed E-state index contributed by atoms with van der Waals surface area (Å²) in [6.45, 7) is 3.11. The predicted molar refractivity (Wildman–Crippen MR) is 90.9 cm³/mol. The zero-order chi connectivity index (χ0) is 18.2. The maximum Gasteiger partial charge on any atom is 0.600 e. The number of carbonyl (C=O) groups excluding carboxylic acids is 1. The van der Waals surface area contributed by atoms with E-state index in [0.29, 0.717) is 16.0 Å². The third kappa shape index (κ3) is 6.51. The summed E-state index contributed by atoms with van der Waals surface area (Å²) in [5.74, 6) is -1.08. The van der Waals surface area contributed by atoms with Crippen LogP contribution < -0.4 is 5.11 Å². The highest BCUT2D eigenvalue weighted by molar-refractivity contribution is 7.38. The molecule has 1 unspecified atom stereocenters. The Morgan fingerprint density at radius 3 is 2.29 bits per heavy atom. The molecule has 0 N–H and O–H groups in total. The summed E-state index contributed by atoms with van der Waals surface area (Å²) in [7, 11) is -1.70. The number of alkyl halides is 3. The average molecular weight is 360 g/mol. The minimum absolute atomic E-state index is 0.448. The van der Waals surface area contributed by atoms with E-state index in [9.17, 15) is 13.2 Å². The molecule has 0 bridgehead atoms. The SMILES string of the molecule is CC(=O)[O-].CCCCCCCc1cc2ccccc2[s+]1C(F)(F)F. The number of rotatable bonds is 6. The van der Waals surface area contributed by atoms with E-state index in [1.807, 2.05) is 0 Å². The molecule has 1 aromatic heterocycles. The Hall–Kier alpha value is -1.56. The molecule has 1 atom stereocenters. The van der Waals surface area contributed by atoms with Crippen molar-refractivity contribution < 1.29 is 23.1 Å². The van der Waals surface area contributed by atoms with Gasteiger partial charge in [-0.25, -0.2) is 0 Å². The van der Waals surface area contributed by atoms with Crippen LogP contribution in [0.4, 0.5) is 13.2 Å². The lowest BCUT2D eigenvalue weighted by atomic mass is 10.1. The molecule has 0 amide bonds. The summed E-state index contributed by atoms with van der Waals surface area (Å²) in [5, 5.41) is 9.64. The third-order valence-corrected chi connectivity index (χ3v) is 5.60. The Kier molecular flexibility index (Phi) is 8.25. The van der Waals surface area contributed by atoms with E-state index >= 15 is 0 Å². The van der Waals surface area contributed by atoms with Crippen molar-refractivity contribution in [3.05, 3.63) is 35.2 Å². The van der Waals surface area contributed by atoms with E-state index < -0.39 is 21.9 Å². The first-order valence-corrected chi connectivity index (χ1v) is 9.28. The van der Waals surface area contributed by atoms with Gasteiger partial charge in [-0.2, -0.15) is 0 Å². The molecule has 0 aliphatic carbocycles. The Balaban J connectivity index is 0.000000648. The Morgan fingerprint density at radius 1 is 1.12 bits per heavy atom. The van der Waals surface area contributed by atoms with E-state index in [-0.39, 0.29) is 0 Å². The second-order valence-corrected chi connectivity index (χ2v) is 7.60. The van der Waals surface area contributed by atoms with E-state index in [4.69, 9.17) is 9.90 Å². The van der Waals surface area contributed by atoms with E-state index in [1.54, 1.807) is 30.3 Å². The highest BCUT2D eigenvalue weighted by atomic mass is 32.2. The highest BCUT2D eigenvalue weighted by Gasteiger charge is 2.47. The fraction of sp³-hybridized carbons (Fsp3) is 0.500. The molecule has 134 valence electrons. The monoisotopic (exact) mass is 360 g/mol. The van der Waals surface area contributed by atoms with Crippen molar-refractivity contribution in [1.29, 1.82) is 0 Å². The van der Waals surface area contributed by atoms with Crippen LogP contribution >= 0.6 is 10.5 Å². The molecule has 1 heterocycles. The van der Waals surface area contributed by atoms with Crippen LogP contribution in [0.25, 0.3) is 10.1 Å². The van der Waals surface area contributed by atoms with Gasteiger partial charge < -0.3 is 9.90 Å². The van der Waals surface area contributed by atoms with Gasteiger partial charge in [0.2, 0.25) is 0 Å². The number of unbranched alkanes of at least 4 members (excludes halogenated alkanes) is 4. The van der Waals surface area contributed by atoms with Gasteiger partial charge in [-0.3, -0.25) is 0 Å². The molecular formula is C18H23F3O2S. The predicted octanol–water partition coefficient (Wildman–Crippen LogP) is 5.33. The topological polar surface area (TPSA) is 40.1 Å². The minimum Gasteiger partial charge on any atom is -0.550 e. The zero-order valence-electron chi connectivity index (χ0n) is 14.0. The van der Waals surface area contributed by atoms with Crippen molar-refractivity contribution in [2.24, 2.45) is 0 Å². The summed E-state index contributed by atoms with van der Waals surface area (Å²) in [6.07, 6.45) is 5.90. The Morgan fingerprint density at radius 2 is 1.71 bits per heavy atom. The van der Waals surface area contributed by atoms with Crippen molar-refractivity contribution in [3.8, 4) is 0 Å². The zero-order valence-corrected chi connectivity index (χ0v) is 14.8. The van der Waals surface area contributed by atoms with Crippen molar-refractivity contribution in [2.75, 3.05) is 0 Å². The van der Waals surface area contributed by atoms with Crippen molar-refractivity contribution in [1.82, 2.24) is 0 Å². The largest absolute Gasteiger partial charge is 0.600 e. The van der Waals surface area contributed by atoms with Gasteiger partial charge >= 0.3 is 5.51 Å². The second kappa shape index (κ2) is 9.67. The summed E-state index contributed by atoms with van der Waals surface area (Å²) in [6, 6.07) is 8.66. The number of carbonyl (C=O) groups is 1. The fourth-order valence-electron chi connectivity index (χ4n) is 2.51. The molecule has 0 fully saturated rings. The summed E-state index contributed by atoms with van der Waals surface area (Å²) < 4.78 is 40.3. The van der Waals surface area contributed by atoms with Gasteiger partial charge in [-0.15, -0.1) is 13.2 Å². The quantitative estimate of drug-likeness (QED) is 0.516. The maximum atomic E-state index is 13.3. The van der Waals surface area contributed by atoms with Gasteiger partial charge in [0.15, 0.2) is 9.58 Å². The van der Waals surface area contributed by atoms with Crippen LogP contribution in [-0.4, -0.2) is 5.97 Å². The van der Waals surface area contributed by atoms with Crippen LogP contribution in [-0.2, 0) is 16.7 Å². The summed E-state index contributed by atoms with van der Waals surface area (Å²) >= 11 is 0. The smallest absolute Gasteiger partial charge is 0.550 e. The molecule has 2 rings (SSSR count). The van der Waals surface area contributed by atoms with Crippen molar-refractivity contribution in [3.63, 3.8) is 0 Å². The fourth-order valence-corrected chi connectivity index (χ4v) is 4.51. The van der Waals surface area contributed by atoms with Crippen LogP contribution in [0.2, 0.25) is 0 Å².